The molecule has 21 heavy (non-hydrogen) atoms. The highest BCUT2D eigenvalue weighted by Gasteiger charge is 2.31. The Morgan fingerprint density at radius 1 is 1.38 bits per heavy atom. The van der Waals surface area contributed by atoms with E-state index in [1.165, 1.54) is 16.4 Å². The summed E-state index contributed by atoms with van der Waals surface area (Å²) in [5.74, 6) is -2.07. The molecule has 0 radical (unpaired) electrons. The van der Waals surface area contributed by atoms with Gasteiger partial charge in [-0.25, -0.2) is 4.39 Å². The zero-order valence-electron chi connectivity index (χ0n) is 10.9. The van der Waals surface area contributed by atoms with Crippen LogP contribution in [0.4, 0.5) is 10.1 Å². The Labute approximate surface area is 126 Å². The SMILES string of the molecule is O=C(O)C1CCN(S(=O)(=O)Nc2ccc(F)c(Cl)c2)CC1. The number of hydrogen-bond donors (Lipinski definition) is 2. The van der Waals surface area contributed by atoms with Gasteiger partial charge in [0.25, 0.3) is 0 Å². The molecule has 9 heteroatoms. The maximum absolute atomic E-state index is 13.0. The number of halogens is 2. The lowest BCUT2D eigenvalue weighted by Crippen LogP contribution is -2.42. The highest BCUT2D eigenvalue weighted by Crippen LogP contribution is 2.23. The lowest BCUT2D eigenvalue weighted by molar-refractivity contribution is -0.142. The monoisotopic (exact) mass is 336 g/mol. The third-order valence-corrected chi connectivity index (χ3v) is 5.14. The van der Waals surface area contributed by atoms with Gasteiger partial charge in [-0.3, -0.25) is 9.52 Å². The van der Waals surface area contributed by atoms with Crippen molar-refractivity contribution >= 4 is 33.5 Å². The molecule has 0 atom stereocenters. The minimum absolute atomic E-state index is 0.126. The molecule has 1 aromatic rings. The van der Waals surface area contributed by atoms with Gasteiger partial charge in [-0.2, -0.15) is 12.7 Å². The number of carboxylic acid groups (broad SMARTS) is 1. The van der Waals surface area contributed by atoms with E-state index in [4.69, 9.17) is 16.7 Å². The number of benzene rings is 1. The van der Waals surface area contributed by atoms with Crippen LogP contribution in [0.1, 0.15) is 12.8 Å². The summed E-state index contributed by atoms with van der Waals surface area (Å²) in [6, 6.07) is 3.51. The third-order valence-electron chi connectivity index (χ3n) is 3.31. The van der Waals surface area contributed by atoms with E-state index in [9.17, 15) is 17.6 Å². The summed E-state index contributed by atoms with van der Waals surface area (Å²) < 4.78 is 40.8. The van der Waals surface area contributed by atoms with E-state index in [-0.39, 0.29) is 36.6 Å². The van der Waals surface area contributed by atoms with Crippen LogP contribution < -0.4 is 4.72 Å². The van der Waals surface area contributed by atoms with Crippen LogP contribution in [0, 0.1) is 11.7 Å². The van der Waals surface area contributed by atoms with Gasteiger partial charge in [-0.05, 0) is 31.0 Å². The average molecular weight is 337 g/mol. The topological polar surface area (TPSA) is 86.7 Å². The first-order chi connectivity index (χ1) is 9.79. The minimum Gasteiger partial charge on any atom is -0.481 e. The molecule has 0 unspecified atom stereocenters. The number of carboxylic acids is 1. The van der Waals surface area contributed by atoms with Crippen molar-refractivity contribution in [1.29, 1.82) is 0 Å². The molecule has 1 fully saturated rings. The number of hydrogen-bond acceptors (Lipinski definition) is 3. The van der Waals surface area contributed by atoms with Gasteiger partial charge < -0.3 is 5.11 Å². The number of nitrogens with zero attached hydrogens (tertiary/aromatic N) is 1. The largest absolute Gasteiger partial charge is 0.481 e. The second kappa shape index (κ2) is 6.17. The first kappa shape index (κ1) is 16.0. The lowest BCUT2D eigenvalue weighted by Gasteiger charge is -2.29. The summed E-state index contributed by atoms with van der Waals surface area (Å²) in [5, 5.41) is 8.70. The van der Waals surface area contributed by atoms with E-state index >= 15 is 0 Å². The van der Waals surface area contributed by atoms with Crippen molar-refractivity contribution in [2.75, 3.05) is 17.8 Å². The van der Waals surface area contributed by atoms with Gasteiger partial charge in [-0.1, -0.05) is 11.6 Å². The Balaban J connectivity index is 2.05. The maximum atomic E-state index is 13.0. The van der Waals surface area contributed by atoms with Crippen LogP contribution in [0.15, 0.2) is 18.2 Å². The third kappa shape index (κ3) is 3.84. The molecule has 1 saturated heterocycles. The van der Waals surface area contributed by atoms with E-state index in [2.05, 4.69) is 4.72 Å². The van der Waals surface area contributed by atoms with Gasteiger partial charge in [0.2, 0.25) is 0 Å². The molecule has 1 aromatic carbocycles. The summed E-state index contributed by atoms with van der Waals surface area (Å²) in [5.41, 5.74) is 0.154. The van der Waals surface area contributed by atoms with E-state index in [1.807, 2.05) is 0 Å². The molecule has 1 aliphatic heterocycles. The second-order valence-electron chi connectivity index (χ2n) is 4.75. The van der Waals surface area contributed by atoms with Gasteiger partial charge in [0.1, 0.15) is 5.82 Å². The molecule has 0 amide bonds. The Morgan fingerprint density at radius 3 is 2.52 bits per heavy atom. The fourth-order valence-corrected chi connectivity index (χ4v) is 3.54. The Morgan fingerprint density at radius 2 is 2.00 bits per heavy atom. The molecule has 116 valence electrons. The summed E-state index contributed by atoms with van der Waals surface area (Å²) >= 11 is 5.59. The fraction of sp³-hybridized carbons (Fsp3) is 0.417. The van der Waals surface area contributed by atoms with E-state index in [1.54, 1.807) is 0 Å². The van der Waals surface area contributed by atoms with E-state index in [0.717, 1.165) is 6.07 Å². The predicted molar refractivity (Wildman–Crippen MR) is 75.9 cm³/mol. The fourth-order valence-electron chi connectivity index (χ4n) is 2.12. The maximum Gasteiger partial charge on any atom is 0.306 e. The molecule has 0 aliphatic carbocycles. The van der Waals surface area contributed by atoms with Crippen molar-refractivity contribution in [3.8, 4) is 0 Å². The van der Waals surface area contributed by atoms with Crippen LogP contribution in [-0.4, -0.2) is 36.9 Å². The van der Waals surface area contributed by atoms with Crippen LogP contribution in [0.3, 0.4) is 0 Å². The molecule has 0 aromatic heterocycles. The zero-order chi connectivity index (χ0) is 15.6. The first-order valence-corrected chi connectivity index (χ1v) is 8.07. The minimum atomic E-state index is -3.81. The molecule has 2 N–H and O–H groups in total. The van der Waals surface area contributed by atoms with Crippen molar-refractivity contribution in [3.05, 3.63) is 29.0 Å². The van der Waals surface area contributed by atoms with Crippen LogP contribution >= 0.6 is 11.6 Å². The van der Waals surface area contributed by atoms with Gasteiger partial charge in [0.05, 0.1) is 16.6 Å². The number of piperidine rings is 1. The van der Waals surface area contributed by atoms with Crippen LogP contribution in [0.25, 0.3) is 0 Å². The molecule has 0 bridgehead atoms. The smallest absolute Gasteiger partial charge is 0.306 e. The van der Waals surface area contributed by atoms with Crippen LogP contribution in [0.2, 0.25) is 5.02 Å². The number of carbonyl (C=O) groups is 1. The van der Waals surface area contributed by atoms with Gasteiger partial charge in [0, 0.05) is 13.1 Å². The van der Waals surface area contributed by atoms with Crippen molar-refractivity contribution in [2.24, 2.45) is 5.92 Å². The van der Waals surface area contributed by atoms with E-state index < -0.39 is 27.9 Å². The second-order valence-corrected chi connectivity index (χ2v) is 6.83. The lowest BCUT2D eigenvalue weighted by atomic mass is 9.99. The van der Waals surface area contributed by atoms with Crippen molar-refractivity contribution in [1.82, 2.24) is 4.31 Å². The first-order valence-electron chi connectivity index (χ1n) is 6.25. The van der Waals surface area contributed by atoms with Gasteiger partial charge in [0.15, 0.2) is 0 Å². The Bertz CT molecular complexity index is 645. The number of anilines is 1. The summed E-state index contributed by atoms with van der Waals surface area (Å²) in [7, 11) is -3.81. The summed E-state index contributed by atoms with van der Waals surface area (Å²) in [6.07, 6.45) is 0.529. The molecular formula is C12H14ClFN2O4S. The van der Waals surface area contributed by atoms with Crippen molar-refractivity contribution in [2.45, 2.75) is 12.8 Å². The molecule has 1 aliphatic rings. The standard InChI is InChI=1S/C12H14ClFN2O4S/c13-10-7-9(1-2-11(10)14)15-21(19,20)16-5-3-8(4-6-16)12(17)18/h1-2,7-8,15H,3-6H2,(H,17,18). The number of rotatable bonds is 4. The molecular weight excluding hydrogens is 323 g/mol. The Hall–Kier alpha value is -1.38. The average Bonchev–Trinajstić information content (AvgIpc) is 2.43. The van der Waals surface area contributed by atoms with Gasteiger partial charge >= 0.3 is 16.2 Å². The van der Waals surface area contributed by atoms with Crippen molar-refractivity contribution in [3.63, 3.8) is 0 Å². The summed E-state index contributed by atoms with van der Waals surface area (Å²) in [6.45, 7) is 0.252. The van der Waals surface area contributed by atoms with E-state index in [0.29, 0.717) is 0 Å². The Kier molecular flexibility index (Phi) is 4.70. The van der Waals surface area contributed by atoms with Crippen LogP contribution in [-0.2, 0) is 15.0 Å². The van der Waals surface area contributed by atoms with Gasteiger partial charge in [-0.15, -0.1) is 0 Å². The molecule has 0 spiro atoms. The van der Waals surface area contributed by atoms with Crippen LogP contribution in [0.5, 0.6) is 0 Å². The summed E-state index contributed by atoms with van der Waals surface area (Å²) in [4.78, 5) is 10.8. The zero-order valence-corrected chi connectivity index (χ0v) is 12.5. The molecule has 0 saturated carbocycles. The number of nitrogens with one attached hydrogen (secondary N) is 1. The highest BCUT2D eigenvalue weighted by atomic mass is 35.5. The molecule has 1 heterocycles. The molecule has 6 nitrogen and oxygen atoms in total. The highest BCUT2D eigenvalue weighted by molar-refractivity contribution is 7.90. The quantitative estimate of drug-likeness (QED) is 0.879. The normalized spacial score (nSPS) is 17.6. The predicted octanol–water partition coefficient (Wildman–Crippen LogP) is 1.93. The molecule has 2 rings (SSSR count). The van der Waals surface area contributed by atoms with Crippen molar-refractivity contribution < 1.29 is 22.7 Å². The number of aliphatic carboxylic acids is 1.